The number of aliphatic hydroxyl groups is 1. The minimum absolute atomic E-state index is 0.119. The number of ether oxygens (including phenoxy) is 2. The van der Waals surface area contributed by atoms with Crippen LogP contribution >= 0.6 is 0 Å². The van der Waals surface area contributed by atoms with Gasteiger partial charge in [0.15, 0.2) is 0 Å². The van der Waals surface area contributed by atoms with Crippen LogP contribution in [0.3, 0.4) is 0 Å². The lowest BCUT2D eigenvalue weighted by atomic mass is 10.2. The lowest BCUT2D eigenvalue weighted by molar-refractivity contribution is 0.0113. The van der Waals surface area contributed by atoms with Crippen LogP contribution in [0, 0.1) is 5.82 Å². The molecule has 1 aromatic heterocycles. The summed E-state index contributed by atoms with van der Waals surface area (Å²) < 4.78 is 24.8. The molecule has 1 aromatic carbocycles. The van der Waals surface area contributed by atoms with Crippen molar-refractivity contribution in [2.75, 3.05) is 26.2 Å². The first-order valence-corrected chi connectivity index (χ1v) is 8.49. The number of rotatable bonds is 8. The monoisotopic (exact) mass is 346 g/mol. The Morgan fingerprint density at radius 1 is 1.24 bits per heavy atom. The zero-order chi connectivity index (χ0) is 17.5. The molecule has 1 fully saturated rings. The van der Waals surface area contributed by atoms with Gasteiger partial charge in [-0.25, -0.2) is 4.39 Å². The number of likely N-dealkylation sites (tertiary alicyclic amines) is 1. The summed E-state index contributed by atoms with van der Waals surface area (Å²) >= 11 is 0. The van der Waals surface area contributed by atoms with Crippen LogP contribution in [-0.2, 0) is 11.3 Å². The second-order valence-electron chi connectivity index (χ2n) is 6.23. The number of pyridine rings is 1. The van der Waals surface area contributed by atoms with Crippen molar-refractivity contribution in [1.82, 2.24) is 9.88 Å². The molecule has 5 nitrogen and oxygen atoms in total. The van der Waals surface area contributed by atoms with Gasteiger partial charge in [0.25, 0.3) is 0 Å². The van der Waals surface area contributed by atoms with Crippen molar-refractivity contribution in [2.45, 2.75) is 25.2 Å². The van der Waals surface area contributed by atoms with Crippen molar-refractivity contribution in [2.24, 2.45) is 0 Å². The number of benzene rings is 1. The number of β-amino-alcohol motifs (C(OH)–C–C–N with tert-alkyl or cyclic N) is 1. The van der Waals surface area contributed by atoms with Gasteiger partial charge in [-0.05, 0) is 24.6 Å². The molecule has 0 aliphatic carbocycles. The molecule has 2 unspecified atom stereocenters. The maximum Gasteiger partial charge on any atom is 0.128 e. The maximum atomic E-state index is 13.5. The van der Waals surface area contributed by atoms with Crippen LogP contribution in [0.4, 0.5) is 4.39 Å². The van der Waals surface area contributed by atoms with E-state index < -0.39 is 6.10 Å². The van der Waals surface area contributed by atoms with E-state index in [2.05, 4.69) is 9.88 Å². The van der Waals surface area contributed by atoms with Crippen molar-refractivity contribution >= 4 is 0 Å². The van der Waals surface area contributed by atoms with Gasteiger partial charge in [0.2, 0.25) is 0 Å². The molecule has 3 rings (SSSR count). The summed E-state index contributed by atoms with van der Waals surface area (Å²) in [7, 11) is 0. The van der Waals surface area contributed by atoms with Gasteiger partial charge in [-0.15, -0.1) is 0 Å². The van der Waals surface area contributed by atoms with Crippen molar-refractivity contribution < 1.29 is 19.0 Å². The van der Waals surface area contributed by atoms with Gasteiger partial charge < -0.3 is 14.6 Å². The lowest BCUT2D eigenvalue weighted by Crippen LogP contribution is -2.34. The van der Waals surface area contributed by atoms with Crippen LogP contribution in [0.2, 0.25) is 0 Å². The van der Waals surface area contributed by atoms with Crippen LogP contribution in [0.5, 0.6) is 5.75 Å². The van der Waals surface area contributed by atoms with Crippen LogP contribution in [-0.4, -0.2) is 53.4 Å². The van der Waals surface area contributed by atoms with E-state index in [9.17, 15) is 9.50 Å². The zero-order valence-electron chi connectivity index (χ0n) is 14.1. The Bertz CT molecular complexity index is 656. The van der Waals surface area contributed by atoms with Crippen molar-refractivity contribution in [3.8, 4) is 5.75 Å². The summed E-state index contributed by atoms with van der Waals surface area (Å²) in [5.41, 5.74) is 0.502. The lowest BCUT2D eigenvalue weighted by Gasteiger charge is -2.20. The molecule has 1 aliphatic heterocycles. The van der Waals surface area contributed by atoms with E-state index in [1.54, 1.807) is 30.6 Å². The fraction of sp³-hybridized carbons (Fsp3) is 0.421. The van der Waals surface area contributed by atoms with Gasteiger partial charge >= 0.3 is 0 Å². The van der Waals surface area contributed by atoms with Crippen LogP contribution in [0.25, 0.3) is 0 Å². The average Bonchev–Trinajstić information content (AvgIpc) is 3.04. The second kappa shape index (κ2) is 8.89. The Kier molecular flexibility index (Phi) is 6.33. The SMILES string of the molecule is OC(COCc1ccccc1F)CN1CCC(Oc2ccncc2)C1. The highest BCUT2D eigenvalue weighted by Crippen LogP contribution is 2.17. The number of aromatic nitrogens is 1. The third-order valence-corrected chi connectivity index (χ3v) is 4.18. The van der Waals surface area contributed by atoms with Crippen molar-refractivity contribution in [3.63, 3.8) is 0 Å². The van der Waals surface area contributed by atoms with Gasteiger partial charge in [0.05, 0.1) is 19.3 Å². The Labute approximate surface area is 147 Å². The summed E-state index contributed by atoms with van der Waals surface area (Å²) in [6.07, 6.45) is 3.85. The van der Waals surface area contributed by atoms with Gasteiger partial charge in [-0.2, -0.15) is 0 Å². The molecule has 2 heterocycles. The molecule has 6 heteroatoms. The highest BCUT2D eigenvalue weighted by Gasteiger charge is 2.25. The van der Waals surface area contributed by atoms with E-state index in [1.807, 2.05) is 12.1 Å². The first-order valence-electron chi connectivity index (χ1n) is 8.49. The minimum atomic E-state index is -0.605. The largest absolute Gasteiger partial charge is 0.489 e. The number of aliphatic hydroxyl groups excluding tert-OH is 1. The molecular weight excluding hydrogens is 323 g/mol. The average molecular weight is 346 g/mol. The number of hydrogen-bond acceptors (Lipinski definition) is 5. The van der Waals surface area contributed by atoms with Crippen LogP contribution in [0.1, 0.15) is 12.0 Å². The summed E-state index contributed by atoms with van der Waals surface area (Å²) in [5, 5.41) is 10.1. The number of nitrogens with zero attached hydrogens (tertiary/aromatic N) is 2. The first-order chi connectivity index (χ1) is 12.2. The first kappa shape index (κ1) is 17.8. The topological polar surface area (TPSA) is 54.8 Å². The predicted octanol–water partition coefficient (Wildman–Crippen LogP) is 2.25. The highest BCUT2D eigenvalue weighted by molar-refractivity contribution is 5.17. The van der Waals surface area contributed by atoms with E-state index in [0.717, 1.165) is 25.3 Å². The molecule has 0 spiro atoms. The quantitative estimate of drug-likeness (QED) is 0.795. The molecule has 0 saturated carbocycles. The number of hydrogen-bond donors (Lipinski definition) is 1. The van der Waals surface area contributed by atoms with Crippen molar-refractivity contribution in [1.29, 1.82) is 0 Å². The van der Waals surface area contributed by atoms with Gasteiger partial charge in [-0.3, -0.25) is 9.88 Å². The van der Waals surface area contributed by atoms with E-state index in [4.69, 9.17) is 9.47 Å². The molecule has 1 aliphatic rings. The van der Waals surface area contributed by atoms with Gasteiger partial charge in [0.1, 0.15) is 17.7 Å². The molecule has 2 aromatic rings. The third-order valence-electron chi connectivity index (χ3n) is 4.18. The number of halogens is 1. The Balaban J connectivity index is 1.36. The fourth-order valence-electron chi connectivity index (χ4n) is 2.94. The molecular formula is C19H23FN2O3. The normalized spacial score (nSPS) is 19.0. The Morgan fingerprint density at radius 2 is 2.04 bits per heavy atom. The van der Waals surface area contributed by atoms with E-state index >= 15 is 0 Å². The minimum Gasteiger partial charge on any atom is -0.489 e. The van der Waals surface area contributed by atoms with Gasteiger partial charge in [-0.1, -0.05) is 18.2 Å². The smallest absolute Gasteiger partial charge is 0.128 e. The summed E-state index contributed by atoms with van der Waals surface area (Å²) in [5.74, 6) is 0.531. The molecule has 134 valence electrons. The van der Waals surface area contributed by atoms with Crippen molar-refractivity contribution in [3.05, 3.63) is 60.2 Å². The molecule has 1 N–H and O–H groups in total. The molecule has 0 amide bonds. The van der Waals surface area contributed by atoms with E-state index in [0.29, 0.717) is 12.1 Å². The van der Waals surface area contributed by atoms with E-state index in [1.165, 1.54) is 6.07 Å². The summed E-state index contributed by atoms with van der Waals surface area (Å²) in [6.45, 7) is 2.51. The zero-order valence-corrected chi connectivity index (χ0v) is 14.1. The molecule has 0 bridgehead atoms. The second-order valence-corrected chi connectivity index (χ2v) is 6.23. The Hall–Kier alpha value is -2.02. The molecule has 2 atom stereocenters. The fourth-order valence-corrected chi connectivity index (χ4v) is 2.94. The molecule has 25 heavy (non-hydrogen) atoms. The predicted molar refractivity (Wildman–Crippen MR) is 91.8 cm³/mol. The molecule has 0 radical (unpaired) electrons. The van der Waals surface area contributed by atoms with E-state index in [-0.39, 0.29) is 25.1 Å². The Morgan fingerprint density at radius 3 is 2.84 bits per heavy atom. The summed E-state index contributed by atoms with van der Waals surface area (Å²) in [6, 6.07) is 10.2. The standard InChI is InChI=1S/C19H23FN2O3/c20-19-4-2-1-3-15(19)13-24-14-16(23)11-22-10-7-18(12-22)25-17-5-8-21-9-6-17/h1-6,8-9,16,18,23H,7,10-14H2. The maximum absolute atomic E-state index is 13.5. The summed E-state index contributed by atoms with van der Waals surface area (Å²) in [4.78, 5) is 6.12. The van der Waals surface area contributed by atoms with Crippen LogP contribution in [0.15, 0.2) is 48.8 Å². The molecule has 1 saturated heterocycles. The van der Waals surface area contributed by atoms with Gasteiger partial charge in [0, 0.05) is 37.6 Å². The van der Waals surface area contributed by atoms with Crippen LogP contribution < -0.4 is 4.74 Å². The highest BCUT2D eigenvalue weighted by atomic mass is 19.1. The third kappa shape index (κ3) is 5.49.